The number of aliphatic hydroxyl groups excluding tert-OH is 1. The van der Waals surface area contributed by atoms with E-state index >= 15 is 0 Å². The van der Waals surface area contributed by atoms with E-state index in [1.54, 1.807) is 0 Å². The normalized spacial score (nSPS) is 18.4. The van der Waals surface area contributed by atoms with Crippen molar-refractivity contribution in [3.8, 4) is 0 Å². The number of nitrogens with two attached hydrogens (primary N) is 1. The molecule has 0 aromatic carbocycles. The molecule has 1 fully saturated rings. The number of likely N-dealkylation sites (tertiary alicyclic amines) is 1. The lowest BCUT2D eigenvalue weighted by Crippen LogP contribution is -2.56. The van der Waals surface area contributed by atoms with E-state index < -0.39 is 66.1 Å². The smallest absolute Gasteiger partial charge is 0.261 e. The van der Waals surface area contributed by atoms with E-state index in [2.05, 4.69) is 10.7 Å². The van der Waals surface area contributed by atoms with Gasteiger partial charge in [0.1, 0.15) is 12.1 Å². The zero-order chi connectivity index (χ0) is 23.9. The number of carbonyl (C=O) groups is 6. The highest BCUT2D eigenvalue weighted by Crippen LogP contribution is 2.18. The fraction of sp³-hybridized carbons (Fsp3) is 0.667. The van der Waals surface area contributed by atoms with Gasteiger partial charge in [-0.3, -0.25) is 39.2 Å². The Bertz CT molecular complexity index is 741. The van der Waals surface area contributed by atoms with Gasteiger partial charge in [-0.05, 0) is 26.7 Å². The van der Waals surface area contributed by atoms with Crippen molar-refractivity contribution in [3.05, 3.63) is 0 Å². The summed E-state index contributed by atoms with van der Waals surface area (Å²) in [6, 6.07) is -2.54. The number of nitrogens with zero attached hydrogens (tertiary/aromatic N) is 2. The maximum Gasteiger partial charge on any atom is 0.261 e. The number of nitrogens with one attached hydrogen (secondary N) is 3. The van der Waals surface area contributed by atoms with Crippen LogP contribution in [0.3, 0.4) is 0 Å². The van der Waals surface area contributed by atoms with Crippen LogP contribution >= 0.6 is 0 Å². The number of ketones is 1. The van der Waals surface area contributed by atoms with Crippen LogP contribution in [0.15, 0.2) is 0 Å². The highest BCUT2D eigenvalue weighted by molar-refractivity contribution is 6.01. The van der Waals surface area contributed by atoms with Gasteiger partial charge < -0.3 is 26.4 Å². The van der Waals surface area contributed by atoms with E-state index in [1.807, 2.05) is 5.32 Å². The van der Waals surface area contributed by atoms with Gasteiger partial charge in [-0.1, -0.05) is 0 Å². The van der Waals surface area contributed by atoms with Gasteiger partial charge in [0, 0.05) is 20.5 Å². The average molecular weight is 442 g/mol. The molecule has 1 saturated heterocycles. The van der Waals surface area contributed by atoms with Crippen molar-refractivity contribution >= 4 is 35.3 Å². The topological polar surface area (TPSA) is 191 Å². The monoisotopic (exact) mass is 442 g/mol. The highest BCUT2D eigenvalue weighted by atomic mass is 16.3. The summed E-state index contributed by atoms with van der Waals surface area (Å²) in [4.78, 5) is 73.0. The van der Waals surface area contributed by atoms with Crippen molar-refractivity contribution in [2.75, 3.05) is 13.6 Å². The van der Waals surface area contributed by atoms with Gasteiger partial charge in [-0.25, -0.2) is 0 Å². The molecule has 174 valence electrons. The predicted molar refractivity (Wildman–Crippen MR) is 106 cm³/mol. The van der Waals surface area contributed by atoms with E-state index in [4.69, 9.17) is 5.73 Å². The molecule has 1 heterocycles. The van der Waals surface area contributed by atoms with Crippen LogP contribution in [0.4, 0.5) is 0 Å². The van der Waals surface area contributed by atoms with E-state index in [1.165, 1.54) is 25.8 Å². The Morgan fingerprint density at radius 2 is 1.77 bits per heavy atom. The molecule has 0 saturated carbocycles. The van der Waals surface area contributed by atoms with Crippen molar-refractivity contribution < 1.29 is 33.9 Å². The summed E-state index contributed by atoms with van der Waals surface area (Å²) in [6.45, 7) is 4.36. The summed E-state index contributed by atoms with van der Waals surface area (Å²) in [6.07, 6.45) is -1.68. The molecule has 4 atom stereocenters. The van der Waals surface area contributed by atoms with Gasteiger partial charge in [-0.15, -0.1) is 0 Å². The molecular formula is C18H30N6O7. The number of hydrazine groups is 1. The summed E-state index contributed by atoms with van der Waals surface area (Å²) in [7, 11) is 1.21. The van der Waals surface area contributed by atoms with Crippen molar-refractivity contribution in [2.45, 2.75) is 64.4 Å². The quantitative estimate of drug-likeness (QED) is 0.147. The Morgan fingerprint density at radius 3 is 2.32 bits per heavy atom. The zero-order valence-electron chi connectivity index (χ0n) is 18.0. The number of hydrogen-bond donors (Lipinski definition) is 5. The van der Waals surface area contributed by atoms with Crippen LogP contribution in [-0.4, -0.2) is 88.3 Å². The first-order chi connectivity index (χ1) is 14.3. The second kappa shape index (κ2) is 11.4. The third-order valence-corrected chi connectivity index (χ3v) is 4.60. The molecule has 0 radical (unpaired) electrons. The van der Waals surface area contributed by atoms with E-state index in [0.29, 0.717) is 19.4 Å². The molecule has 31 heavy (non-hydrogen) atoms. The molecule has 1 unspecified atom stereocenters. The third kappa shape index (κ3) is 7.61. The van der Waals surface area contributed by atoms with E-state index in [-0.39, 0.29) is 0 Å². The second-order valence-electron chi connectivity index (χ2n) is 7.38. The van der Waals surface area contributed by atoms with Gasteiger partial charge in [-0.2, -0.15) is 0 Å². The minimum atomic E-state index is -1.83. The Labute approximate surface area is 179 Å². The van der Waals surface area contributed by atoms with Crippen LogP contribution in [0.5, 0.6) is 0 Å². The Hall–Kier alpha value is -3.06. The predicted octanol–water partition coefficient (Wildman–Crippen LogP) is -3.27. The molecule has 0 bridgehead atoms. The standard InChI is InChI=1S/C18H30N6O7/c1-9(19)15(28)20-10(2)18(31)24-7-5-6-12(24)16(29)22-23(4)14(27)8-13(26)17(30)21-11(3)25/h9-10,12,17,30H,5-8,19H2,1-4H3,(H,20,28)(H,21,25)(H,22,29)/t9-,10-,12-,17?/m0/s1. The minimum absolute atomic E-state index is 0.300. The fourth-order valence-electron chi connectivity index (χ4n) is 2.90. The summed E-state index contributed by atoms with van der Waals surface area (Å²) in [5.41, 5.74) is 7.79. The number of rotatable bonds is 8. The Kier molecular flexibility index (Phi) is 9.52. The number of Topliss-reactive ketones (excluding diaryl/α,β-unsaturated/α-hetero) is 1. The first-order valence-electron chi connectivity index (χ1n) is 9.76. The maximum absolute atomic E-state index is 12.6. The van der Waals surface area contributed by atoms with E-state index in [9.17, 15) is 33.9 Å². The molecule has 6 N–H and O–H groups in total. The average Bonchev–Trinajstić information content (AvgIpc) is 3.16. The van der Waals surface area contributed by atoms with Crippen molar-refractivity contribution in [1.29, 1.82) is 0 Å². The highest BCUT2D eigenvalue weighted by Gasteiger charge is 2.37. The van der Waals surface area contributed by atoms with Gasteiger partial charge in [0.15, 0.2) is 12.0 Å². The first-order valence-corrected chi connectivity index (χ1v) is 9.76. The number of amides is 5. The molecular weight excluding hydrogens is 412 g/mol. The lowest BCUT2D eigenvalue weighted by Gasteiger charge is -2.29. The minimum Gasteiger partial charge on any atom is -0.367 e. The number of carbonyl (C=O) groups excluding carboxylic acids is 6. The molecule has 13 heteroatoms. The number of aliphatic hydroxyl groups is 1. The third-order valence-electron chi connectivity index (χ3n) is 4.60. The Morgan fingerprint density at radius 1 is 1.16 bits per heavy atom. The summed E-state index contributed by atoms with van der Waals surface area (Å²) >= 11 is 0. The van der Waals surface area contributed by atoms with E-state index in [0.717, 1.165) is 11.9 Å². The van der Waals surface area contributed by atoms with Crippen LogP contribution in [-0.2, 0) is 28.8 Å². The molecule has 13 nitrogen and oxygen atoms in total. The molecule has 0 spiro atoms. The molecule has 0 aromatic heterocycles. The van der Waals surface area contributed by atoms with Gasteiger partial charge in [0.25, 0.3) is 5.91 Å². The van der Waals surface area contributed by atoms with Crippen LogP contribution in [0, 0.1) is 0 Å². The van der Waals surface area contributed by atoms with Crippen molar-refractivity contribution in [2.24, 2.45) is 5.73 Å². The van der Waals surface area contributed by atoms with Crippen LogP contribution in [0.1, 0.15) is 40.0 Å². The zero-order valence-corrected chi connectivity index (χ0v) is 18.0. The largest absolute Gasteiger partial charge is 0.367 e. The maximum atomic E-state index is 12.6. The second-order valence-corrected chi connectivity index (χ2v) is 7.38. The van der Waals surface area contributed by atoms with Gasteiger partial charge in [0.2, 0.25) is 23.6 Å². The summed E-state index contributed by atoms with van der Waals surface area (Å²) in [5.74, 6) is -4.02. The fourth-order valence-corrected chi connectivity index (χ4v) is 2.90. The van der Waals surface area contributed by atoms with Crippen molar-refractivity contribution in [3.63, 3.8) is 0 Å². The molecule has 1 rings (SSSR count). The lowest BCUT2D eigenvalue weighted by atomic mass is 10.2. The molecule has 0 aromatic rings. The first kappa shape index (κ1) is 26.0. The molecule has 5 amide bonds. The van der Waals surface area contributed by atoms with Gasteiger partial charge in [0.05, 0.1) is 12.5 Å². The number of hydrogen-bond acceptors (Lipinski definition) is 8. The molecule has 1 aliphatic heterocycles. The summed E-state index contributed by atoms with van der Waals surface area (Å²) < 4.78 is 0. The molecule has 0 aliphatic carbocycles. The lowest BCUT2D eigenvalue weighted by molar-refractivity contribution is -0.148. The van der Waals surface area contributed by atoms with Crippen molar-refractivity contribution in [1.82, 2.24) is 26.0 Å². The summed E-state index contributed by atoms with van der Waals surface area (Å²) in [5, 5.41) is 14.7. The van der Waals surface area contributed by atoms with Crippen LogP contribution in [0.2, 0.25) is 0 Å². The van der Waals surface area contributed by atoms with Crippen LogP contribution in [0.25, 0.3) is 0 Å². The molecule has 1 aliphatic rings. The van der Waals surface area contributed by atoms with Crippen LogP contribution < -0.4 is 21.8 Å². The Balaban J connectivity index is 2.67. The SMILES string of the molecule is CC(=O)NC(O)C(=O)CC(=O)N(C)NC(=O)[C@@H]1CCCN1C(=O)[C@H](C)NC(=O)[C@H](C)N. The van der Waals surface area contributed by atoms with Gasteiger partial charge >= 0.3 is 0 Å².